The predicted octanol–water partition coefficient (Wildman–Crippen LogP) is 1.27. The van der Waals surface area contributed by atoms with Crippen molar-refractivity contribution in [2.24, 2.45) is 0 Å². The van der Waals surface area contributed by atoms with Crippen LogP contribution in [0.2, 0.25) is 0 Å². The summed E-state index contributed by atoms with van der Waals surface area (Å²) in [5.74, 6) is 0.743. The third-order valence-corrected chi connectivity index (χ3v) is 5.87. The van der Waals surface area contributed by atoms with Crippen LogP contribution < -0.4 is 5.32 Å². The molecule has 4 heteroatoms. The van der Waals surface area contributed by atoms with Crippen LogP contribution in [0.3, 0.4) is 0 Å². The van der Waals surface area contributed by atoms with Gasteiger partial charge in [-0.25, -0.2) is 0 Å². The highest BCUT2D eigenvalue weighted by Crippen LogP contribution is 2.41. The number of aliphatic hydroxyl groups excluding tert-OH is 1. The van der Waals surface area contributed by atoms with Gasteiger partial charge in [0, 0.05) is 56.8 Å². The Morgan fingerprint density at radius 2 is 1.83 bits per heavy atom. The molecule has 2 saturated heterocycles. The van der Waals surface area contributed by atoms with E-state index in [2.05, 4.69) is 45.4 Å². The summed E-state index contributed by atoms with van der Waals surface area (Å²) in [6, 6.07) is 13.1. The van der Waals surface area contributed by atoms with Gasteiger partial charge in [0.1, 0.15) is 0 Å². The van der Waals surface area contributed by atoms with Crippen molar-refractivity contribution in [3.05, 3.63) is 35.9 Å². The second kappa shape index (κ2) is 6.89. The zero-order valence-corrected chi connectivity index (χ0v) is 13.9. The van der Waals surface area contributed by atoms with Crippen molar-refractivity contribution in [2.75, 3.05) is 39.3 Å². The molecule has 1 aliphatic carbocycles. The molecule has 4 nitrogen and oxygen atoms in total. The molecular weight excluding hydrogens is 286 g/mol. The molecule has 23 heavy (non-hydrogen) atoms. The number of likely N-dealkylation sites (tertiary alicyclic amines) is 2. The molecular formula is C19H29N3O. The van der Waals surface area contributed by atoms with Crippen LogP contribution in [0.15, 0.2) is 30.3 Å². The third kappa shape index (κ3) is 3.61. The van der Waals surface area contributed by atoms with Gasteiger partial charge in [0.15, 0.2) is 0 Å². The van der Waals surface area contributed by atoms with Gasteiger partial charge in [-0.05, 0) is 24.8 Å². The Morgan fingerprint density at radius 1 is 1.09 bits per heavy atom. The number of piperidine rings is 1. The van der Waals surface area contributed by atoms with Gasteiger partial charge < -0.3 is 10.4 Å². The van der Waals surface area contributed by atoms with Crippen LogP contribution in [0.1, 0.15) is 30.7 Å². The molecule has 3 aliphatic rings. The van der Waals surface area contributed by atoms with Gasteiger partial charge in [0.2, 0.25) is 0 Å². The van der Waals surface area contributed by atoms with Gasteiger partial charge >= 0.3 is 0 Å². The van der Waals surface area contributed by atoms with Crippen molar-refractivity contribution in [2.45, 2.75) is 43.3 Å². The fourth-order valence-corrected chi connectivity index (χ4v) is 4.28. The quantitative estimate of drug-likeness (QED) is 0.829. The summed E-state index contributed by atoms with van der Waals surface area (Å²) in [7, 11) is 0. The zero-order chi connectivity index (χ0) is 15.6. The molecule has 0 amide bonds. The lowest BCUT2D eigenvalue weighted by molar-refractivity contribution is 0.0103. The molecule has 2 heterocycles. The van der Waals surface area contributed by atoms with Gasteiger partial charge in [-0.1, -0.05) is 30.3 Å². The molecule has 0 bridgehead atoms. The van der Waals surface area contributed by atoms with E-state index in [1.165, 1.54) is 37.9 Å². The number of nitrogens with one attached hydrogen (secondary N) is 1. The Balaban J connectivity index is 1.17. The minimum atomic E-state index is 0.294. The van der Waals surface area contributed by atoms with E-state index in [4.69, 9.17) is 5.11 Å². The Bertz CT molecular complexity index is 495. The van der Waals surface area contributed by atoms with Gasteiger partial charge in [-0.2, -0.15) is 0 Å². The monoisotopic (exact) mass is 315 g/mol. The van der Waals surface area contributed by atoms with E-state index in [0.717, 1.165) is 31.6 Å². The smallest absolute Gasteiger partial charge is 0.0558 e. The molecule has 0 aromatic heterocycles. The van der Waals surface area contributed by atoms with Crippen LogP contribution in [-0.4, -0.2) is 72.4 Å². The maximum Gasteiger partial charge on any atom is 0.0558 e. The molecule has 3 fully saturated rings. The highest BCUT2D eigenvalue weighted by molar-refractivity contribution is 5.27. The van der Waals surface area contributed by atoms with Crippen molar-refractivity contribution in [1.82, 2.24) is 15.1 Å². The van der Waals surface area contributed by atoms with E-state index >= 15 is 0 Å². The van der Waals surface area contributed by atoms with Crippen molar-refractivity contribution in [3.63, 3.8) is 0 Å². The summed E-state index contributed by atoms with van der Waals surface area (Å²) < 4.78 is 0. The van der Waals surface area contributed by atoms with Crippen LogP contribution in [0, 0.1) is 0 Å². The number of aliphatic hydroxyl groups is 1. The first-order valence-corrected chi connectivity index (χ1v) is 9.22. The molecule has 2 atom stereocenters. The highest BCUT2D eigenvalue weighted by Gasteiger charge is 2.40. The number of rotatable bonds is 6. The number of benzene rings is 1. The SMILES string of the molecule is OCCN1CC(N2CCC(N[C@@H]3C[C@H]3c3ccccc3)CC2)C1. The number of β-amino-alcohol motifs (C(OH)–C–C–N with tert-alkyl or cyclic N) is 1. The topological polar surface area (TPSA) is 38.7 Å². The lowest BCUT2D eigenvalue weighted by Crippen LogP contribution is -2.61. The summed E-state index contributed by atoms with van der Waals surface area (Å²) in [4.78, 5) is 5.01. The first-order chi connectivity index (χ1) is 11.3. The van der Waals surface area contributed by atoms with E-state index in [1.807, 2.05) is 0 Å². The minimum Gasteiger partial charge on any atom is -0.395 e. The summed E-state index contributed by atoms with van der Waals surface area (Å²) in [6.45, 7) is 5.91. The van der Waals surface area contributed by atoms with Gasteiger partial charge in [-0.3, -0.25) is 9.80 Å². The van der Waals surface area contributed by atoms with Crippen LogP contribution in [0.5, 0.6) is 0 Å². The predicted molar refractivity (Wildman–Crippen MR) is 92.6 cm³/mol. The first kappa shape index (κ1) is 15.6. The zero-order valence-electron chi connectivity index (χ0n) is 13.9. The van der Waals surface area contributed by atoms with E-state index in [-0.39, 0.29) is 0 Å². The number of nitrogens with zero attached hydrogens (tertiary/aromatic N) is 2. The van der Waals surface area contributed by atoms with Crippen LogP contribution in [0.4, 0.5) is 0 Å². The second-order valence-corrected chi connectivity index (χ2v) is 7.47. The highest BCUT2D eigenvalue weighted by atomic mass is 16.3. The molecule has 126 valence electrons. The van der Waals surface area contributed by atoms with Gasteiger partial charge in [0.05, 0.1) is 6.61 Å². The molecule has 1 saturated carbocycles. The summed E-state index contributed by atoms with van der Waals surface area (Å²) in [5.41, 5.74) is 1.50. The summed E-state index contributed by atoms with van der Waals surface area (Å²) in [6.07, 6.45) is 3.88. The van der Waals surface area contributed by atoms with Gasteiger partial charge in [-0.15, -0.1) is 0 Å². The second-order valence-electron chi connectivity index (χ2n) is 7.47. The number of hydrogen-bond donors (Lipinski definition) is 2. The van der Waals surface area contributed by atoms with Crippen LogP contribution in [0.25, 0.3) is 0 Å². The third-order valence-electron chi connectivity index (χ3n) is 5.87. The van der Waals surface area contributed by atoms with E-state index in [0.29, 0.717) is 18.7 Å². The van der Waals surface area contributed by atoms with E-state index in [1.54, 1.807) is 0 Å². The molecule has 1 aromatic rings. The lowest BCUT2D eigenvalue weighted by atomic mass is 9.99. The Labute approximate surface area is 139 Å². The average Bonchev–Trinajstić information content (AvgIpc) is 3.32. The maximum absolute atomic E-state index is 8.96. The minimum absolute atomic E-state index is 0.294. The van der Waals surface area contributed by atoms with E-state index < -0.39 is 0 Å². The molecule has 0 spiro atoms. The Kier molecular flexibility index (Phi) is 4.67. The largest absolute Gasteiger partial charge is 0.395 e. The Hall–Kier alpha value is -0.940. The number of hydrogen-bond acceptors (Lipinski definition) is 4. The maximum atomic E-state index is 8.96. The van der Waals surface area contributed by atoms with Crippen LogP contribution in [-0.2, 0) is 0 Å². The van der Waals surface area contributed by atoms with Crippen molar-refractivity contribution >= 4 is 0 Å². The lowest BCUT2D eigenvalue weighted by Gasteiger charge is -2.47. The first-order valence-electron chi connectivity index (χ1n) is 9.22. The fraction of sp³-hybridized carbons (Fsp3) is 0.684. The van der Waals surface area contributed by atoms with Gasteiger partial charge in [0.25, 0.3) is 0 Å². The standard InChI is InChI=1S/C19H29N3O/c23-11-10-21-13-17(14-21)22-8-6-16(7-9-22)20-19-12-18(19)15-4-2-1-3-5-15/h1-5,16-20,23H,6-14H2/t18-,19+/m0/s1. The van der Waals surface area contributed by atoms with Crippen molar-refractivity contribution in [3.8, 4) is 0 Å². The fourth-order valence-electron chi connectivity index (χ4n) is 4.28. The molecule has 0 radical (unpaired) electrons. The van der Waals surface area contributed by atoms with Crippen LogP contribution >= 0.6 is 0 Å². The van der Waals surface area contributed by atoms with E-state index in [9.17, 15) is 0 Å². The normalized spacial score (nSPS) is 30.3. The molecule has 0 unspecified atom stereocenters. The summed E-state index contributed by atoms with van der Waals surface area (Å²) >= 11 is 0. The molecule has 2 N–H and O–H groups in total. The average molecular weight is 315 g/mol. The Morgan fingerprint density at radius 3 is 2.52 bits per heavy atom. The summed E-state index contributed by atoms with van der Waals surface area (Å²) in [5, 5.41) is 12.9. The van der Waals surface area contributed by atoms with Crippen molar-refractivity contribution < 1.29 is 5.11 Å². The molecule has 1 aromatic carbocycles. The molecule has 4 rings (SSSR count). The van der Waals surface area contributed by atoms with Crippen molar-refractivity contribution in [1.29, 1.82) is 0 Å². The molecule has 2 aliphatic heterocycles.